The summed E-state index contributed by atoms with van der Waals surface area (Å²) in [5, 5.41) is 10.1. The smallest absolute Gasteiger partial charge is 0.0540 e. The van der Waals surface area contributed by atoms with E-state index in [4.69, 9.17) is 0 Å². The van der Waals surface area contributed by atoms with Gasteiger partial charge in [-0.05, 0) is 125 Å². The first-order valence-corrected chi connectivity index (χ1v) is 24.1. The Hall–Kier alpha value is -8.56. The zero-order valence-corrected chi connectivity index (χ0v) is 38.0. The minimum Gasteiger partial charge on any atom is -0.310 e. The average molecular weight is 882 g/mol. The zero-order valence-electron chi connectivity index (χ0n) is 37.2. The molecule has 0 N–H and O–H groups in total. The fourth-order valence-corrected chi connectivity index (χ4v) is 11.8. The maximum Gasteiger partial charge on any atom is 0.0540 e. The molecule has 1 aromatic heterocycles. The molecule has 1 heterocycles. The molecule has 0 unspecified atom stereocenters. The van der Waals surface area contributed by atoms with Crippen molar-refractivity contribution in [3.63, 3.8) is 0 Å². The van der Waals surface area contributed by atoms with Crippen LogP contribution in [0, 0.1) is 0 Å². The van der Waals surface area contributed by atoms with Crippen LogP contribution in [0.2, 0.25) is 0 Å². The first-order chi connectivity index (χ1) is 33.7. The van der Waals surface area contributed by atoms with Crippen LogP contribution in [-0.2, 0) is 0 Å². The third-order valence-corrected chi connectivity index (χ3v) is 14.9. The fraction of sp³-hybridized carbons (Fsp3) is 0. The van der Waals surface area contributed by atoms with E-state index in [1.807, 2.05) is 11.3 Å². The van der Waals surface area contributed by atoms with E-state index in [1.165, 1.54) is 97.0 Å². The van der Waals surface area contributed by atoms with Gasteiger partial charge in [-0.3, -0.25) is 0 Å². The Morgan fingerprint density at radius 3 is 1.60 bits per heavy atom. The van der Waals surface area contributed by atoms with Gasteiger partial charge in [0.25, 0.3) is 0 Å². The van der Waals surface area contributed by atoms with E-state index >= 15 is 0 Å². The lowest BCUT2D eigenvalue weighted by molar-refractivity contribution is 1.28. The highest BCUT2D eigenvalue weighted by atomic mass is 32.1. The lowest BCUT2D eigenvalue weighted by Gasteiger charge is -2.29. The standard InChI is InChI=1S/C66H43NS/c1-3-19-46(20-4-1)64-59-30-10-9-28-56(59)57-41-38-49(43-61(57)65(64)47-21-5-2-6-22-47)54-27-11-13-34-62(54)67(51-25-15-24-48(42-51)53-31-16-23-44-18-7-8-26-52(44)53)50-39-36-45(37-40-50)55-32-17-33-60-58-29-12-14-35-63(58)68-66(55)60/h1-43H. The van der Waals surface area contributed by atoms with Gasteiger partial charge in [-0.1, -0.05) is 218 Å². The predicted octanol–water partition coefficient (Wildman–Crippen LogP) is 19.3. The highest BCUT2D eigenvalue weighted by Crippen LogP contribution is 2.48. The van der Waals surface area contributed by atoms with Crippen LogP contribution >= 0.6 is 11.3 Å². The van der Waals surface area contributed by atoms with E-state index in [1.54, 1.807) is 0 Å². The highest BCUT2D eigenvalue weighted by molar-refractivity contribution is 7.26. The molecule has 1 nitrogen and oxygen atoms in total. The maximum atomic E-state index is 2.45. The molecule has 0 spiro atoms. The largest absolute Gasteiger partial charge is 0.310 e. The summed E-state index contributed by atoms with van der Waals surface area (Å²) >= 11 is 1.88. The average Bonchev–Trinajstić information content (AvgIpc) is 3.80. The molecule has 0 fully saturated rings. The Balaban J connectivity index is 1.02. The summed E-state index contributed by atoms with van der Waals surface area (Å²) in [6.07, 6.45) is 0. The Bertz CT molecular complexity index is 4010. The molecule has 0 atom stereocenters. The van der Waals surface area contributed by atoms with Crippen molar-refractivity contribution in [3.8, 4) is 55.6 Å². The number of anilines is 3. The molecule has 12 aromatic carbocycles. The van der Waals surface area contributed by atoms with Crippen LogP contribution in [0.3, 0.4) is 0 Å². The van der Waals surface area contributed by atoms with Crippen LogP contribution in [0.1, 0.15) is 0 Å². The predicted molar refractivity (Wildman–Crippen MR) is 294 cm³/mol. The van der Waals surface area contributed by atoms with Gasteiger partial charge in [0.05, 0.1) is 5.69 Å². The lowest BCUT2D eigenvalue weighted by atomic mass is 9.84. The van der Waals surface area contributed by atoms with Crippen molar-refractivity contribution in [2.45, 2.75) is 0 Å². The van der Waals surface area contributed by atoms with Gasteiger partial charge in [-0.15, -0.1) is 11.3 Å². The number of para-hydroxylation sites is 1. The summed E-state index contributed by atoms with van der Waals surface area (Å²) in [6.45, 7) is 0. The second-order valence-corrected chi connectivity index (χ2v) is 18.6. The first-order valence-electron chi connectivity index (χ1n) is 23.3. The molecule has 0 aliphatic carbocycles. The summed E-state index contributed by atoms with van der Waals surface area (Å²) in [5.74, 6) is 0. The van der Waals surface area contributed by atoms with Crippen molar-refractivity contribution in [3.05, 3.63) is 261 Å². The van der Waals surface area contributed by atoms with E-state index in [9.17, 15) is 0 Å². The summed E-state index contributed by atoms with van der Waals surface area (Å²) in [4.78, 5) is 2.45. The number of thiophene rings is 1. The van der Waals surface area contributed by atoms with Gasteiger partial charge >= 0.3 is 0 Å². The van der Waals surface area contributed by atoms with Gasteiger partial charge in [-0.2, -0.15) is 0 Å². The van der Waals surface area contributed by atoms with Gasteiger partial charge in [0.2, 0.25) is 0 Å². The van der Waals surface area contributed by atoms with Crippen LogP contribution in [-0.4, -0.2) is 0 Å². The van der Waals surface area contributed by atoms with Crippen LogP contribution in [0.4, 0.5) is 17.1 Å². The molecule has 13 rings (SSSR count). The van der Waals surface area contributed by atoms with E-state index in [0.717, 1.165) is 28.2 Å². The third kappa shape index (κ3) is 6.77. The zero-order chi connectivity index (χ0) is 45.0. The molecule has 0 bridgehead atoms. The summed E-state index contributed by atoms with van der Waals surface area (Å²) in [6, 6.07) is 95.8. The molecule has 318 valence electrons. The molecule has 68 heavy (non-hydrogen) atoms. The lowest BCUT2D eigenvalue weighted by Crippen LogP contribution is -2.11. The van der Waals surface area contributed by atoms with Crippen LogP contribution in [0.15, 0.2) is 261 Å². The number of hydrogen-bond acceptors (Lipinski definition) is 2. The second kappa shape index (κ2) is 16.7. The Morgan fingerprint density at radius 2 is 0.794 bits per heavy atom. The second-order valence-electron chi connectivity index (χ2n) is 17.5. The van der Waals surface area contributed by atoms with E-state index in [2.05, 4.69) is 266 Å². The topological polar surface area (TPSA) is 3.24 Å². The number of hydrogen-bond donors (Lipinski definition) is 0. The number of nitrogens with zero attached hydrogens (tertiary/aromatic N) is 1. The van der Waals surface area contributed by atoms with Gasteiger partial charge in [0.15, 0.2) is 0 Å². The van der Waals surface area contributed by atoms with Crippen molar-refractivity contribution >= 4 is 80.9 Å². The van der Waals surface area contributed by atoms with E-state index in [-0.39, 0.29) is 0 Å². The molecular formula is C66H43NS. The molecular weight excluding hydrogens is 839 g/mol. The minimum atomic E-state index is 1.09. The van der Waals surface area contributed by atoms with Crippen molar-refractivity contribution in [2.75, 3.05) is 4.90 Å². The normalized spacial score (nSPS) is 11.5. The van der Waals surface area contributed by atoms with Crippen LogP contribution < -0.4 is 4.90 Å². The Labute approximate surface area is 400 Å². The monoisotopic (exact) mass is 881 g/mol. The molecule has 2 heteroatoms. The van der Waals surface area contributed by atoms with Crippen molar-refractivity contribution in [2.24, 2.45) is 0 Å². The number of rotatable bonds is 8. The summed E-state index contributed by atoms with van der Waals surface area (Å²) < 4.78 is 2.63. The van der Waals surface area contributed by atoms with Gasteiger partial charge in [0, 0.05) is 37.1 Å². The van der Waals surface area contributed by atoms with Crippen molar-refractivity contribution in [1.29, 1.82) is 0 Å². The molecule has 0 saturated heterocycles. The molecule has 0 aliphatic rings. The van der Waals surface area contributed by atoms with E-state index in [0.29, 0.717) is 0 Å². The van der Waals surface area contributed by atoms with Crippen molar-refractivity contribution < 1.29 is 0 Å². The minimum absolute atomic E-state index is 1.09. The summed E-state index contributed by atoms with van der Waals surface area (Å²) in [5.41, 5.74) is 15.3. The quantitative estimate of drug-likeness (QED) is 0.137. The summed E-state index contributed by atoms with van der Waals surface area (Å²) in [7, 11) is 0. The third-order valence-electron chi connectivity index (χ3n) is 13.7. The van der Waals surface area contributed by atoms with Gasteiger partial charge in [0.1, 0.15) is 0 Å². The number of benzene rings is 12. The van der Waals surface area contributed by atoms with E-state index < -0.39 is 0 Å². The van der Waals surface area contributed by atoms with Gasteiger partial charge < -0.3 is 4.90 Å². The number of fused-ring (bicyclic) bond motifs is 7. The molecule has 13 aromatic rings. The maximum absolute atomic E-state index is 2.45. The van der Waals surface area contributed by atoms with Gasteiger partial charge in [-0.25, -0.2) is 0 Å². The molecule has 0 saturated carbocycles. The Kier molecular flexibility index (Phi) is 9.77. The molecule has 0 radical (unpaired) electrons. The molecule has 0 amide bonds. The van der Waals surface area contributed by atoms with Crippen molar-refractivity contribution in [1.82, 2.24) is 0 Å². The SMILES string of the molecule is c1ccc(-c2c(-c3ccccc3)c3cc(-c4ccccc4N(c4ccc(-c5cccc6c5sc5ccccc56)cc4)c4cccc(-c5cccc6ccccc56)c4)ccc3c3ccccc23)cc1. The highest BCUT2D eigenvalue weighted by Gasteiger charge is 2.22. The fourth-order valence-electron chi connectivity index (χ4n) is 10.6. The van der Waals surface area contributed by atoms with Crippen LogP contribution in [0.5, 0.6) is 0 Å². The Morgan fingerprint density at radius 1 is 0.265 bits per heavy atom. The molecule has 0 aliphatic heterocycles. The first kappa shape index (κ1) is 39.8. The van der Waals surface area contributed by atoms with Crippen LogP contribution in [0.25, 0.3) is 108 Å².